The predicted octanol–water partition coefficient (Wildman–Crippen LogP) is 1.67. The number of benzene rings is 1. The SMILES string of the molecule is CN(C)Cc1cn2c(n1)CN(C(=O)Cc1cccc(F)c1)CC2. The summed E-state index contributed by atoms with van der Waals surface area (Å²) < 4.78 is 15.3. The van der Waals surface area contributed by atoms with Crippen LogP contribution in [-0.4, -0.2) is 45.9 Å². The molecule has 0 atom stereocenters. The van der Waals surface area contributed by atoms with Gasteiger partial charge in [0, 0.05) is 25.8 Å². The topological polar surface area (TPSA) is 41.4 Å². The third kappa shape index (κ3) is 3.76. The van der Waals surface area contributed by atoms with Crippen molar-refractivity contribution in [3.63, 3.8) is 0 Å². The average Bonchev–Trinajstić information content (AvgIpc) is 2.87. The fourth-order valence-corrected chi connectivity index (χ4v) is 2.86. The van der Waals surface area contributed by atoms with E-state index in [1.807, 2.05) is 14.1 Å². The number of amides is 1. The van der Waals surface area contributed by atoms with Crippen molar-refractivity contribution in [1.82, 2.24) is 19.4 Å². The van der Waals surface area contributed by atoms with Gasteiger partial charge in [-0.05, 0) is 31.8 Å². The monoisotopic (exact) mass is 316 g/mol. The summed E-state index contributed by atoms with van der Waals surface area (Å²) in [6.07, 6.45) is 2.28. The van der Waals surface area contributed by atoms with Crippen LogP contribution in [-0.2, 0) is 30.8 Å². The molecule has 0 N–H and O–H groups in total. The molecule has 1 aromatic carbocycles. The summed E-state index contributed by atoms with van der Waals surface area (Å²) in [4.78, 5) is 20.9. The van der Waals surface area contributed by atoms with Gasteiger partial charge in [-0.1, -0.05) is 12.1 Å². The van der Waals surface area contributed by atoms with E-state index >= 15 is 0 Å². The van der Waals surface area contributed by atoms with E-state index in [0.717, 1.165) is 24.6 Å². The zero-order valence-corrected chi connectivity index (χ0v) is 13.5. The van der Waals surface area contributed by atoms with E-state index in [1.165, 1.54) is 12.1 Å². The highest BCUT2D eigenvalue weighted by atomic mass is 19.1. The maximum atomic E-state index is 13.2. The lowest BCUT2D eigenvalue weighted by molar-refractivity contribution is -0.132. The molecule has 1 aliphatic heterocycles. The van der Waals surface area contributed by atoms with Crippen LogP contribution in [0.3, 0.4) is 0 Å². The first-order valence-corrected chi connectivity index (χ1v) is 7.73. The molecule has 0 unspecified atom stereocenters. The molecule has 23 heavy (non-hydrogen) atoms. The Bertz CT molecular complexity index is 710. The zero-order chi connectivity index (χ0) is 16.4. The number of rotatable bonds is 4. The highest BCUT2D eigenvalue weighted by molar-refractivity contribution is 5.78. The van der Waals surface area contributed by atoms with E-state index in [0.29, 0.717) is 18.7 Å². The fourth-order valence-electron chi connectivity index (χ4n) is 2.86. The normalized spacial score (nSPS) is 14.2. The Kier molecular flexibility index (Phi) is 4.43. The molecule has 2 heterocycles. The van der Waals surface area contributed by atoms with Crippen molar-refractivity contribution in [1.29, 1.82) is 0 Å². The Morgan fingerprint density at radius 3 is 2.91 bits per heavy atom. The lowest BCUT2D eigenvalue weighted by atomic mass is 10.1. The first-order chi connectivity index (χ1) is 11.0. The van der Waals surface area contributed by atoms with E-state index < -0.39 is 0 Å². The van der Waals surface area contributed by atoms with E-state index in [1.54, 1.807) is 17.0 Å². The molecule has 1 aliphatic rings. The van der Waals surface area contributed by atoms with Gasteiger partial charge in [0.25, 0.3) is 0 Å². The molecule has 0 bridgehead atoms. The molecule has 1 aromatic heterocycles. The van der Waals surface area contributed by atoms with Crippen LogP contribution in [0.4, 0.5) is 4.39 Å². The van der Waals surface area contributed by atoms with Crippen LogP contribution < -0.4 is 0 Å². The minimum absolute atomic E-state index is 0.0130. The standard InChI is InChI=1S/C17H21FN4O/c1-20(2)10-15-11-21-6-7-22(12-16(21)19-15)17(23)9-13-4-3-5-14(18)8-13/h3-5,8,11H,6-7,9-10,12H2,1-2H3. The van der Waals surface area contributed by atoms with Crippen molar-refractivity contribution in [2.75, 3.05) is 20.6 Å². The summed E-state index contributed by atoms with van der Waals surface area (Å²) in [5.74, 6) is 0.623. The van der Waals surface area contributed by atoms with Gasteiger partial charge in [-0.2, -0.15) is 0 Å². The molecule has 0 saturated carbocycles. The predicted molar refractivity (Wildman–Crippen MR) is 85.1 cm³/mol. The molecule has 0 radical (unpaired) electrons. The van der Waals surface area contributed by atoms with Crippen molar-refractivity contribution in [2.24, 2.45) is 0 Å². The van der Waals surface area contributed by atoms with Crippen LogP contribution in [0.2, 0.25) is 0 Å². The van der Waals surface area contributed by atoms with Crippen LogP contribution in [0.25, 0.3) is 0 Å². The number of imidazole rings is 1. The Balaban J connectivity index is 1.66. The number of fused-ring (bicyclic) bond motifs is 1. The summed E-state index contributed by atoms with van der Waals surface area (Å²) in [6, 6.07) is 6.21. The van der Waals surface area contributed by atoms with Crippen molar-refractivity contribution < 1.29 is 9.18 Å². The van der Waals surface area contributed by atoms with E-state index in [2.05, 4.69) is 20.6 Å². The Morgan fingerprint density at radius 2 is 2.17 bits per heavy atom. The van der Waals surface area contributed by atoms with Crippen molar-refractivity contribution in [2.45, 2.75) is 26.1 Å². The number of hydrogen-bond acceptors (Lipinski definition) is 3. The average molecular weight is 316 g/mol. The van der Waals surface area contributed by atoms with Gasteiger partial charge in [0.2, 0.25) is 5.91 Å². The van der Waals surface area contributed by atoms with E-state index in [9.17, 15) is 9.18 Å². The number of halogens is 1. The summed E-state index contributed by atoms with van der Waals surface area (Å²) in [5.41, 5.74) is 1.72. The maximum absolute atomic E-state index is 13.2. The van der Waals surface area contributed by atoms with Crippen molar-refractivity contribution >= 4 is 5.91 Å². The van der Waals surface area contributed by atoms with Crippen molar-refractivity contribution in [3.8, 4) is 0 Å². The highest BCUT2D eigenvalue weighted by Gasteiger charge is 2.22. The zero-order valence-electron chi connectivity index (χ0n) is 13.5. The maximum Gasteiger partial charge on any atom is 0.227 e. The summed E-state index contributed by atoms with van der Waals surface area (Å²) in [6.45, 7) is 2.72. The number of nitrogens with zero attached hydrogens (tertiary/aromatic N) is 4. The van der Waals surface area contributed by atoms with E-state index in [-0.39, 0.29) is 18.1 Å². The third-order valence-electron chi connectivity index (χ3n) is 3.93. The number of hydrogen-bond donors (Lipinski definition) is 0. The molecular formula is C17H21FN4O. The van der Waals surface area contributed by atoms with Gasteiger partial charge < -0.3 is 14.4 Å². The van der Waals surface area contributed by atoms with Gasteiger partial charge >= 0.3 is 0 Å². The molecule has 1 amide bonds. The van der Waals surface area contributed by atoms with Crippen molar-refractivity contribution in [3.05, 3.63) is 53.4 Å². The molecule has 0 fully saturated rings. The van der Waals surface area contributed by atoms with Crippen LogP contribution in [0.5, 0.6) is 0 Å². The van der Waals surface area contributed by atoms with Crippen LogP contribution >= 0.6 is 0 Å². The molecule has 0 spiro atoms. The first kappa shape index (κ1) is 15.7. The first-order valence-electron chi connectivity index (χ1n) is 7.73. The minimum atomic E-state index is -0.308. The number of carbonyl (C=O) groups is 1. The second-order valence-corrected chi connectivity index (χ2v) is 6.20. The Morgan fingerprint density at radius 1 is 1.35 bits per heavy atom. The summed E-state index contributed by atoms with van der Waals surface area (Å²) in [7, 11) is 4.01. The second kappa shape index (κ2) is 6.50. The summed E-state index contributed by atoms with van der Waals surface area (Å²) in [5, 5.41) is 0. The number of aromatic nitrogens is 2. The molecule has 6 heteroatoms. The van der Waals surface area contributed by atoms with Gasteiger partial charge in [0.15, 0.2) is 0 Å². The molecule has 122 valence electrons. The van der Waals surface area contributed by atoms with Gasteiger partial charge in [0.1, 0.15) is 11.6 Å². The number of carbonyl (C=O) groups excluding carboxylic acids is 1. The van der Waals surface area contributed by atoms with E-state index in [4.69, 9.17) is 0 Å². The van der Waals surface area contributed by atoms with Crippen LogP contribution in [0, 0.1) is 5.82 Å². The molecule has 3 rings (SSSR count). The van der Waals surface area contributed by atoms with Crippen LogP contribution in [0.1, 0.15) is 17.1 Å². The molecule has 2 aromatic rings. The van der Waals surface area contributed by atoms with Gasteiger partial charge in [-0.3, -0.25) is 4.79 Å². The lowest BCUT2D eigenvalue weighted by Crippen LogP contribution is -2.39. The third-order valence-corrected chi connectivity index (χ3v) is 3.93. The molecular weight excluding hydrogens is 295 g/mol. The highest BCUT2D eigenvalue weighted by Crippen LogP contribution is 2.15. The largest absolute Gasteiger partial charge is 0.333 e. The van der Waals surface area contributed by atoms with Gasteiger partial charge in [-0.25, -0.2) is 9.37 Å². The second-order valence-electron chi connectivity index (χ2n) is 6.20. The summed E-state index contributed by atoms with van der Waals surface area (Å²) >= 11 is 0. The minimum Gasteiger partial charge on any atom is -0.333 e. The Hall–Kier alpha value is -2.21. The quantitative estimate of drug-likeness (QED) is 0.861. The Labute approximate surface area is 135 Å². The molecule has 0 saturated heterocycles. The fraction of sp³-hybridized carbons (Fsp3) is 0.412. The van der Waals surface area contributed by atoms with Crippen LogP contribution in [0.15, 0.2) is 30.5 Å². The molecule has 0 aliphatic carbocycles. The smallest absolute Gasteiger partial charge is 0.227 e. The lowest BCUT2D eigenvalue weighted by Gasteiger charge is -2.27. The van der Waals surface area contributed by atoms with Gasteiger partial charge in [-0.15, -0.1) is 0 Å². The molecule has 5 nitrogen and oxygen atoms in total. The van der Waals surface area contributed by atoms with Gasteiger partial charge in [0.05, 0.1) is 18.7 Å².